The molecule has 0 radical (unpaired) electrons. The fraction of sp³-hybridized carbons (Fsp3) is 0.800. The standard InChI is InChI=1S/C15H27NO6/c1-16(2,3)11-12(10-14(19)20)22-15(21)9-7-5-4-6-8-13(17)18/h12H,4-11H2,1-3H3,(H-,17,18,19,20)/p+1. The number of carboxylic acids is 2. The number of likely N-dealkylation sites (N-methyl/N-ethyl adjacent to an activating group) is 1. The summed E-state index contributed by atoms with van der Waals surface area (Å²) in [5.74, 6) is -2.19. The van der Waals surface area contributed by atoms with Crippen molar-refractivity contribution in [1.29, 1.82) is 0 Å². The number of carboxylic acid groups (broad SMARTS) is 2. The Kier molecular flexibility index (Phi) is 9.40. The predicted molar refractivity (Wildman–Crippen MR) is 80.4 cm³/mol. The highest BCUT2D eigenvalue weighted by Gasteiger charge is 2.24. The maximum atomic E-state index is 11.7. The van der Waals surface area contributed by atoms with E-state index in [-0.39, 0.29) is 19.3 Å². The van der Waals surface area contributed by atoms with Crippen molar-refractivity contribution in [3.05, 3.63) is 0 Å². The van der Waals surface area contributed by atoms with Gasteiger partial charge in [0.15, 0.2) is 6.10 Å². The van der Waals surface area contributed by atoms with E-state index in [1.54, 1.807) is 0 Å². The number of hydrogen-bond donors (Lipinski definition) is 2. The zero-order chi connectivity index (χ0) is 17.2. The maximum absolute atomic E-state index is 11.7. The Morgan fingerprint density at radius 3 is 1.91 bits per heavy atom. The van der Waals surface area contributed by atoms with Gasteiger partial charge in [-0.3, -0.25) is 14.4 Å². The first-order valence-corrected chi connectivity index (χ1v) is 7.53. The Bertz CT molecular complexity index is 375. The monoisotopic (exact) mass is 318 g/mol. The summed E-state index contributed by atoms with van der Waals surface area (Å²) in [6.45, 7) is 0.441. The summed E-state index contributed by atoms with van der Waals surface area (Å²) in [5.41, 5.74) is 0. The Morgan fingerprint density at radius 1 is 0.909 bits per heavy atom. The predicted octanol–water partition coefficient (Wildman–Crippen LogP) is 1.50. The second-order valence-corrected chi connectivity index (χ2v) is 6.49. The first kappa shape index (κ1) is 20.4. The molecule has 0 aromatic heterocycles. The molecule has 0 bridgehead atoms. The van der Waals surface area contributed by atoms with Gasteiger partial charge in [0.05, 0.1) is 27.6 Å². The highest BCUT2D eigenvalue weighted by molar-refractivity contribution is 5.71. The number of ether oxygens (including phenoxy) is 1. The lowest BCUT2D eigenvalue weighted by atomic mass is 10.1. The van der Waals surface area contributed by atoms with Crippen molar-refractivity contribution in [1.82, 2.24) is 0 Å². The molecule has 0 aliphatic rings. The van der Waals surface area contributed by atoms with Crippen molar-refractivity contribution >= 4 is 17.9 Å². The highest BCUT2D eigenvalue weighted by Crippen LogP contribution is 2.10. The molecule has 128 valence electrons. The molecule has 0 heterocycles. The van der Waals surface area contributed by atoms with E-state index in [1.807, 2.05) is 21.1 Å². The number of carbonyl (C=O) groups excluding carboxylic acids is 1. The van der Waals surface area contributed by atoms with E-state index in [1.165, 1.54) is 0 Å². The van der Waals surface area contributed by atoms with Crippen LogP contribution in [0.25, 0.3) is 0 Å². The van der Waals surface area contributed by atoms with Gasteiger partial charge >= 0.3 is 17.9 Å². The molecule has 0 fully saturated rings. The van der Waals surface area contributed by atoms with Crippen LogP contribution in [0.4, 0.5) is 0 Å². The summed E-state index contributed by atoms with van der Waals surface area (Å²) in [5, 5.41) is 17.4. The smallest absolute Gasteiger partial charge is 0.307 e. The third-order valence-electron chi connectivity index (χ3n) is 2.97. The van der Waals surface area contributed by atoms with Gasteiger partial charge < -0.3 is 19.4 Å². The van der Waals surface area contributed by atoms with Gasteiger partial charge in [-0.1, -0.05) is 12.8 Å². The molecule has 7 nitrogen and oxygen atoms in total. The lowest BCUT2D eigenvalue weighted by Gasteiger charge is -2.28. The Labute approximate surface area is 131 Å². The molecule has 2 N–H and O–H groups in total. The molecule has 1 unspecified atom stereocenters. The number of quaternary nitrogens is 1. The molecule has 0 amide bonds. The number of rotatable bonds is 12. The van der Waals surface area contributed by atoms with Crippen LogP contribution in [0.15, 0.2) is 0 Å². The second-order valence-electron chi connectivity index (χ2n) is 6.49. The van der Waals surface area contributed by atoms with Crippen molar-refractivity contribution < 1.29 is 33.8 Å². The zero-order valence-electron chi connectivity index (χ0n) is 13.7. The number of esters is 1. The topological polar surface area (TPSA) is 101 Å². The van der Waals surface area contributed by atoms with Crippen molar-refractivity contribution in [2.45, 2.75) is 51.0 Å². The molecule has 0 spiro atoms. The Balaban J connectivity index is 4.01. The second kappa shape index (κ2) is 10.2. The Hall–Kier alpha value is -1.63. The van der Waals surface area contributed by atoms with Crippen molar-refractivity contribution in [2.24, 2.45) is 0 Å². The number of aliphatic carboxylic acids is 2. The highest BCUT2D eigenvalue weighted by atomic mass is 16.5. The molecule has 22 heavy (non-hydrogen) atoms. The molecule has 7 heteroatoms. The van der Waals surface area contributed by atoms with Gasteiger partial charge in [0.1, 0.15) is 6.54 Å². The fourth-order valence-corrected chi connectivity index (χ4v) is 2.09. The molecule has 0 aliphatic heterocycles. The van der Waals surface area contributed by atoms with Crippen LogP contribution in [0.1, 0.15) is 44.9 Å². The van der Waals surface area contributed by atoms with E-state index in [9.17, 15) is 14.4 Å². The van der Waals surface area contributed by atoms with Crippen LogP contribution in [0.2, 0.25) is 0 Å². The van der Waals surface area contributed by atoms with Crippen LogP contribution in [0.3, 0.4) is 0 Å². The van der Waals surface area contributed by atoms with Crippen molar-refractivity contribution in [2.75, 3.05) is 27.7 Å². The van der Waals surface area contributed by atoms with E-state index < -0.39 is 24.0 Å². The summed E-state index contributed by atoms with van der Waals surface area (Å²) < 4.78 is 5.77. The minimum Gasteiger partial charge on any atom is -0.481 e. The van der Waals surface area contributed by atoms with E-state index in [0.717, 1.165) is 12.8 Å². The first-order chi connectivity index (χ1) is 10.1. The number of unbranched alkanes of at least 4 members (excludes halogenated alkanes) is 3. The van der Waals surface area contributed by atoms with E-state index in [4.69, 9.17) is 14.9 Å². The van der Waals surface area contributed by atoms with Gasteiger partial charge in [0.2, 0.25) is 0 Å². The Morgan fingerprint density at radius 2 is 1.45 bits per heavy atom. The normalized spacial score (nSPS) is 12.7. The van der Waals surface area contributed by atoms with Crippen LogP contribution in [0.5, 0.6) is 0 Å². The lowest BCUT2D eigenvalue weighted by molar-refractivity contribution is -0.873. The molecule has 0 saturated heterocycles. The summed E-state index contributed by atoms with van der Waals surface area (Å²) >= 11 is 0. The quantitative estimate of drug-likeness (QED) is 0.321. The average molecular weight is 318 g/mol. The maximum Gasteiger partial charge on any atom is 0.307 e. The molecular formula is C15H28NO6+. The van der Waals surface area contributed by atoms with Crippen LogP contribution in [-0.2, 0) is 19.1 Å². The van der Waals surface area contributed by atoms with Gasteiger partial charge in [-0.2, -0.15) is 0 Å². The average Bonchev–Trinajstić information content (AvgIpc) is 2.29. The van der Waals surface area contributed by atoms with Crippen LogP contribution >= 0.6 is 0 Å². The molecule has 0 aromatic carbocycles. The first-order valence-electron chi connectivity index (χ1n) is 7.53. The van der Waals surface area contributed by atoms with Gasteiger partial charge in [-0.15, -0.1) is 0 Å². The van der Waals surface area contributed by atoms with E-state index >= 15 is 0 Å². The fourth-order valence-electron chi connectivity index (χ4n) is 2.09. The van der Waals surface area contributed by atoms with E-state index in [0.29, 0.717) is 23.9 Å². The molecule has 0 aliphatic carbocycles. The summed E-state index contributed by atoms with van der Waals surface area (Å²) in [6.07, 6.45) is 2.32. The largest absolute Gasteiger partial charge is 0.481 e. The minimum atomic E-state index is -0.986. The SMILES string of the molecule is C[N+](C)(C)CC(CC(=O)O)OC(=O)CCCCCCC(=O)O. The van der Waals surface area contributed by atoms with Crippen LogP contribution < -0.4 is 0 Å². The van der Waals surface area contributed by atoms with Gasteiger partial charge in [0.25, 0.3) is 0 Å². The summed E-state index contributed by atoms with van der Waals surface area (Å²) in [7, 11) is 5.72. The van der Waals surface area contributed by atoms with Crippen LogP contribution in [-0.4, -0.2) is 66.4 Å². The van der Waals surface area contributed by atoms with Gasteiger partial charge in [0, 0.05) is 12.8 Å². The molecule has 0 saturated carbocycles. The van der Waals surface area contributed by atoms with E-state index in [2.05, 4.69) is 0 Å². The van der Waals surface area contributed by atoms with Crippen molar-refractivity contribution in [3.8, 4) is 0 Å². The molecule has 0 rings (SSSR count). The number of nitrogens with zero attached hydrogens (tertiary/aromatic N) is 1. The molecule has 1 atom stereocenters. The lowest BCUT2D eigenvalue weighted by Crippen LogP contribution is -2.43. The third-order valence-corrected chi connectivity index (χ3v) is 2.97. The molecule has 0 aromatic rings. The number of hydrogen-bond acceptors (Lipinski definition) is 4. The minimum absolute atomic E-state index is 0.147. The summed E-state index contributed by atoms with van der Waals surface area (Å²) in [6, 6.07) is 0. The zero-order valence-corrected chi connectivity index (χ0v) is 13.7. The van der Waals surface area contributed by atoms with Crippen molar-refractivity contribution in [3.63, 3.8) is 0 Å². The molecular weight excluding hydrogens is 290 g/mol. The van der Waals surface area contributed by atoms with Gasteiger partial charge in [-0.05, 0) is 12.8 Å². The van der Waals surface area contributed by atoms with Crippen LogP contribution in [0, 0.1) is 0 Å². The number of carbonyl (C=O) groups is 3. The van der Waals surface area contributed by atoms with Gasteiger partial charge in [-0.25, -0.2) is 0 Å². The summed E-state index contributed by atoms with van der Waals surface area (Å²) in [4.78, 5) is 32.9. The third kappa shape index (κ3) is 13.4.